The summed E-state index contributed by atoms with van der Waals surface area (Å²) in [5, 5.41) is 10.6. The summed E-state index contributed by atoms with van der Waals surface area (Å²) in [5.74, 6) is 1.53. The van der Waals surface area contributed by atoms with Crippen LogP contribution in [0.4, 0.5) is 5.95 Å². The SMILES string of the molecule is COC(C)(C)c1nc(N2CCN[C@@H](C)C2)n[nH]1. The van der Waals surface area contributed by atoms with Crippen molar-refractivity contribution in [2.45, 2.75) is 32.4 Å². The summed E-state index contributed by atoms with van der Waals surface area (Å²) in [4.78, 5) is 6.70. The minimum Gasteiger partial charge on any atom is -0.371 e. The Bertz CT molecular complexity index is 376. The van der Waals surface area contributed by atoms with Crippen molar-refractivity contribution in [3.05, 3.63) is 5.82 Å². The number of rotatable bonds is 3. The third-order valence-electron chi connectivity index (χ3n) is 3.21. The third kappa shape index (κ3) is 2.58. The molecule has 6 nitrogen and oxygen atoms in total. The highest BCUT2D eigenvalue weighted by Crippen LogP contribution is 2.21. The molecule has 1 aromatic heterocycles. The van der Waals surface area contributed by atoms with Crippen molar-refractivity contribution in [2.75, 3.05) is 31.6 Å². The lowest BCUT2D eigenvalue weighted by Gasteiger charge is -2.30. The zero-order valence-electron chi connectivity index (χ0n) is 10.9. The van der Waals surface area contributed by atoms with E-state index in [-0.39, 0.29) is 0 Å². The number of aromatic amines is 1. The predicted octanol–water partition coefficient (Wildman–Crippen LogP) is 0.484. The van der Waals surface area contributed by atoms with Gasteiger partial charge < -0.3 is 15.0 Å². The monoisotopic (exact) mass is 239 g/mol. The van der Waals surface area contributed by atoms with E-state index in [1.807, 2.05) is 13.8 Å². The number of anilines is 1. The molecule has 0 unspecified atom stereocenters. The normalized spacial score (nSPS) is 21.9. The maximum Gasteiger partial charge on any atom is 0.244 e. The molecule has 2 rings (SSSR count). The Balaban J connectivity index is 2.12. The fraction of sp³-hybridized carbons (Fsp3) is 0.818. The number of aromatic nitrogens is 3. The van der Waals surface area contributed by atoms with Gasteiger partial charge in [0.25, 0.3) is 0 Å². The standard InChI is InChI=1S/C11H21N5O/c1-8-7-16(6-5-12-8)10-13-9(14-15-10)11(2,3)17-4/h8,12H,5-7H2,1-4H3,(H,13,14,15)/t8-/m0/s1. The zero-order valence-corrected chi connectivity index (χ0v) is 10.9. The highest BCUT2D eigenvalue weighted by molar-refractivity contribution is 5.30. The van der Waals surface area contributed by atoms with Crippen LogP contribution in [0.1, 0.15) is 26.6 Å². The number of nitrogens with one attached hydrogen (secondary N) is 2. The Morgan fingerprint density at radius 3 is 2.88 bits per heavy atom. The number of methoxy groups -OCH3 is 1. The van der Waals surface area contributed by atoms with Crippen molar-refractivity contribution in [3.63, 3.8) is 0 Å². The van der Waals surface area contributed by atoms with Crippen LogP contribution in [0.25, 0.3) is 0 Å². The average molecular weight is 239 g/mol. The second-order valence-corrected chi connectivity index (χ2v) is 5.00. The molecule has 1 aliphatic heterocycles. The summed E-state index contributed by atoms with van der Waals surface area (Å²) in [5.41, 5.74) is -0.426. The first-order valence-corrected chi connectivity index (χ1v) is 5.99. The topological polar surface area (TPSA) is 66.1 Å². The van der Waals surface area contributed by atoms with Gasteiger partial charge in [-0.25, -0.2) is 0 Å². The van der Waals surface area contributed by atoms with Gasteiger partial charge in [0.1, 0.15) is 5.60 Å². The molecule has 17 heavy (non-hydrogen) atoms. The minimum atomic E-state index is -0.426. The molecule has 1 fully saturated rings. The van der Waals surface area contributed by atoms with Crippen LogP contribution in [-0.4, -0.2) is 48.0 Å². The van der Waals surface area contributed by atoms with E-state index >= 15 is 0 Å². The number of hydrogen-bond donors (Lipinski definition) is 2. The molecule has 96 valence electrons. The molecule has 1 saturated heterocycles. The van der Waals surface area contributed by atoms with Crippen molar-refractivity contribution >= 4 is 5.95 Å². The van der Waals surface area contributed by atoms with Crippen LogP contribution in [0.3, 0.4) is 0 Å². The molecule has 0 aliphatic carbocycles. The van der Waals surface area contributed by atoms with Gasteiger partial charge in [0, 0.05) is 32.8 Å². The summed E-state index contributed by atoms with van der Waals surface area (Å²) in [6.45, 7) is 8.95. The van der Waals surface area contributed by atoms with Crippen molar-refractivity contribution in [2.24, 2.45) is 0 Å². The van der Waals surface area contributed by atoms with Crippen LogP contribution >= 0.6 is 0 Å². The molecule has 1 aliphatic rings. The molecule has 0 aromatic carbocycles. The van der Waals surface area contributed by atoms with Crippen LogP contribution in [0.15, 0.2) is 0 Å². The molecule has 0 bridgehead atoms. The Morgan fingerprint density at radius 2 is 2.24 bits per heavy atom. The number of piperazine rings is 1. The molecule has 2 N–H and O–H groups in total. The van der Waals surface area contributed by atoms with Crippen molar-refractivity contribution in [1.29, 1.82) is 0 Å². The predicted molar refractivity (Wildman–Crippen MR) is 66.1 cm³/mol. The maximum absolute atomic E-state index is 5.38. The highest BCUT2D eigenvalue weighted by Gasteiger charge is 2.26. The van der Waals surface area contributed by atoms with Crippen LogP contribution in [-0.2, 0) is 10.3 Å². The Kier molecular flexibility index (Phi) is 3.35. The fourth-order valence-electron chi connectivity index (χ4n) is 1.87. The molecule has 2 heterocycles. The van der Waals surface area contributed by atoms with Gasteiger partial charge in [-0.15, -0.1) is 5.10 Å². The van der Waals surface area contributed by atoms with Crippen LogP contribution in [0.2, 0.25) is 0 Å². The van der Waals surface area contributed by atoms with Gasteiger partial charge in [-0.05, 0) is 20.8 Å². The number of hydrogen-bond acceptors (Lipinski definition) is 5. The van der Waals surface area contributed by atoms with Gasteiger partial charge in [-0.1, -0.05) is 0 Å². The summed E-state index contributed by atoms with van der Waals surface area (Å²) < 4.78 is 5.38. The lowest BCUT2D eigenvalue weighted by molar-refractivity contribution is 0.0118. The first-order valence-electron chi connectivity index (χ1n) is 5.99. The summed E-state index contributed by atoms with van der Waals surface area (Å²) in [6, 6.07) is 0.473. The lowest BCUT2D eigenvalue weighted by Crippen LogP contribution is -2.49. The summed E-state index contributed by atoms with van der Waals surface area (Å²) >= 11 is 0. The van der Waals surface area contributed by atoms with Crippen LogP contribution < -0.4 is 10.2 Å². The van der Waals surface area contributed by atoms with E-state index in [0.29, 0.717) is 6.04 Å². The summed E-state index contributed by atoms with van der Waals surface area (Å²) in [7, 11) is 1.68. The third-order valence-corrected chi connectivity index (χ3v) is 3.21. The van der Waals surface area contributed by atoms with E-state index in [0.717, 1.165) is 31.4 Å². The van der Waals surface area contributed by atoms with Crippen molar-refractivity contribution < 1.29 is 4.74 Å². The Morgan fingerprint density at radius 1 is 1.47 bits per heavy atom. The smallest absolute Gasteiger partial charge is 0.244 e. The van der Waals surface area contributed by atoms with Gasteiger partial charge in [0.15, 0.2) is 5.82 Å². The number of nitrogens with zero attached hydrogens (tertiary/aromatic N) is 3. The second kappa shape index (κ2) is 4.62. The molecule has 6 heteroatoms. The molecule has 0 spiro atoms. The zero-order chi connectivity index (χ0) is 12.5. The summed E-state index contributed by atoms with van der Waals surface area (Å²) in [6.07, 6.45) is 0. The van der Waals surface area contributed by atoms with Gasteiger partial charge in [-0.2, -0.15) is 4.98 Å². The van der Waals surface area contributed by atoms with Gasteiger partial charge >= 0.3 is 0 Å². The Labute approximate surface area is 102 Å². The molecule has 1 aromatic rings. The van der Waals surface area contributed by atoms with Crippen LogP contribution in [0, 0.1) is 0 Å². The van der Waals surface area contributed by atoms with Crippen LogP contribution in [0.5, 0.6) is 0 Å². The maximum atomic E-state index is 5.38. The Hall–Kier alpha value is -1.14. The molecule has 0 radical (unpaired) electrons. The fourth-order valence-corrected chi connectivity index (χ4v) is 1.87. The van der Waals surface area contributed by atoms with Gasteiger partial charge in [0.2, 0.25) is 5.95 Å². The molecule has 1 atom stereocenters. The first-order chi connectivity index (χ1) is 8.03. The number of ether oxygens (including phenoxy) is 1. The molecular weight excluding hydrogens is 218 g/mol. The van der Waals surface area contributed by atoms with Gasteiger partial charge in [0.05, 0.1) is 0 Å². The quantitative estimate of drug-likeness (QED) is 0.803. The van der Waals surface area contributed by atoms with E-state index < -0.39 is 5.60 Å². The molecule has 0 saturated carbocycles. The van der Waals surface area contributed by atoms with E-state index in [2.05, 4.69) is 32.3 Å². The average Bonchev–Trinajstić information content (AvgIpc) is 2.79. The highest BCUT2D eigenvalue weighted by atomic mass is 16.5. The first kappa shape index (κ1) is 12.3. The van der Waals surface area contributed by atoms with Crippen molar-refractivity contribution in [1.82, 2.24) is 20.5 Å². The van der Waals surface area contributed by atoms with E-state index in [9.17, 15) is 0 Å². The lowest BCUT2D eigenvalue weighted by atomic mass is 10.1. The molecule has 0 amide bonds. The van der Waals surface area contributed by atoms with Gasteiger partial charge in [-0.3, -0.25) is 5.10 Å². The van der Waals surface area contributed by atoms with Crippen molar-refractivity contribution in [3.8, 4) is 0 Å². The van der Waals surface area contributed by atoms with E-state index in [1.165, 1.54) is 0 Å². The minimum absolute atomic E-state index is 0.426. The van der Waals surface area contributed by atoms with E-state index in [4.69, 9.17) is 4.74 Å². The largest absolute Gasteiger partial charge is 0.371 e. The number of H-pyrrole nitrogens is 1. The second-order valence-electron chi connectivity index (χ2n) is 5.00. The van der Waals surface area contributed by atoms with E-state index in [1.54, 1.807) is 7.11 Å². The molecular formula is C11H21N5O.